The van der Waals surface area contributed by atoms with Crippen molar-refractivity contribution in [1.82, 2.24) is 5.32 Å². The van der Waals surface area contributed by atoms with Gasteiger partial charge in [-0.05, 0) is 37.1 Å². The summed E-state index contributed by atoms with van der Waals surface area (Å²) in [6.07, 6.45) is 4.01. The molecule has 1 saturated carbocycles. The maximum Gasteiger partial charge on any atom is 0.0195 e. The Kier molecular flexibility index (Phi) is 3.74. The molecule has 0 aliphatic heterocycles. The van der Waals surface area contributed by atoms with Crippen LogP contribution in [-0.4, -0.2) is 19.1 Å². The van der Waals surface area contributed by atoms with E-state index in [0.29, 0.717) is 11.5 Å². The fourth-order valence-electron chi connectivity index (χ4n) is 1.63. The minimum atomic E-state index is 0.389. The molecule has 0 aromatic carbocycles. The standard InChI is InChI=1S/C11H24N2/c1-11(2,3)6-10(7-12)13-8-9-4-5-9/h9-10,13H,4-8,12H2,1-3H3. The first-order chi connectivity index (χ1) is 6.01. The molecule has 0 spiro atoms. The minimum Gasteiger partial charge on any atom is -0.329 e. The van der Waals surface area contributed by atoms with E-state index in [-0.39, 0.29) is 0 Å². The van der Waals surface area contributed by atoms with E-state index in [1.54, 1.807) is 0 Å². The maximum atomic E-state index is 5.72. The maximum absolute atomic E-state index is 5.72. The Morgan fingerprint density at radius 2 is 2.00 bits per heavy atom. The van der Waals surface area contributed by atoms with Crippen LogP contribution < -0.4 is 11.1 Å². The number of hydrogen-bond acceptors (Lipinski definition) is 2. The fourth-order valence-corrected chi connectivity index (χ4v) is 1.63. The van der Waals surface area contributed by atoms with Crippen LogP contribution in [-0.2, 0) is 0 Å². The van der Waals surface area contributed by atoms with E-state index >= 15 is 0 Å². The smallest absolute Gasteiger partial charge is 0.0195 e. The van der Waals surface area contributed by atoms with Gasteiger partial charge in [0.2, 0.25) is 0 Å². The zero-order valence-corrected chi connectivity index (χ0v) is 9.27. The molecule has 1 fully saturated rings. The van der Waals surface area contributed by atoms with Gasteiger partial charge in [0.1, 0.15) is 0 Å². The number of nitrogens with two attached hydrogens (primary N) is 1. The second-order valence-corrected chi connectivity index (χ2v) is 5.55. The van der Waals surface area contributed by atoms with E-state index in [9.17, 15) is 0 Å². The van der Waals surface area contributed by atoms with Gasteiger partial charge in [0, 0.05) is 12.6 Å². The molecule has 0 aromatic rings. The van der Waals surface area contributed by atoms with Crippen molar-refractivity contribution in [2.24, 2.45) is 17.1 Å². The zero-order valence-electron chi connectivity index (χ0n) is 9.27. The summed E-state index contributed by atoms with van der Waals surface area (Å²) in [4.78, 5) is 0. The van der Waals surface area contributed by atoms with Gasteiger partial charge in [0.15, 0.2) is 0 Å². The summed E-state index contributed by atoms with van der Waals surface area (Å²) in [5.41, 5.74) is 6.11. The number of hydrogen-bond donors (Lipinski definition) is 2. The highest BCUT2D eigenvalue weighted by Gasteiger charge is 2.23. The highest BCUT2D eigenvalue weighted by atomic mass is 14.9. The molecule has 2 nitrogen and oxygen atoms in total. The molecule has 0 bridgehead atoms. The van der Waals surface area contributed by atoms with Crippen molar-refractivity contribution in [1.29, 1.82) is 0 Å². The van der Waals surface area contributed by atoms with Gasteiger partial charge in [-0.2, -0.15) is 0 Å². The molecule has 0 saturated heterocycles. The van der Waals surface area contributed by atoms with Crippen LogP contribution in [0.15, 0.2) is 0 Å². The van der Waals surface area contributed by atoms with Crippen LogP contribution in [0.4, 0.5) is 0 Å². The summed E-state index contributed by atoms with van der Waals surface area (Å²) >= 11 is 0. The van der Waals surface area contributed by atoms with Crippen LogP contribution in [0.3, 0.4) is 0 Å². The predicted octanol–water partition coefficient (Wildman–Crippen LogP) is 1.75. The first-order valence-electron chi connectivity index (χ1n) is 5.45. The minimum absolute atomic E-state index is 0.389. The van der Waals surface area contributed by atoms with Gasteiger partial charge in [-0.25, -0.2) is 0 Å². The molecular formula is C11H24N2. The molecule has 0 radical (unpaired) electrons. The molecule has 2 heteroatoms. The molecule has 1 aliphatic rings. The van der Waals surface area contributed by atoms with Crippen molar-refractivity contribution in [3.8, 4) is 0 Å². The molecule has 0 heterocycles. The summed E-state index contributed by atoms with van der Waals surface area (Å²) in [6, 6.07) is 0.514. The zero-order chi connectivity index (χ0) is 9.90. The topological polar surface area (TPSA) is 38.0 Å². The number of nitrogens with one attached hydrogen (secondary N) is 1. The molecule has 1 rings (SSSR count). The third-order valence-corrected chi connectivity index (χ3v) is 2.54. The van der Waals surface area contributed by atoms with E-state index in [2.05, 4.69) is 26.1 Å². The van der Waals surface area contributed by atoms with Crippen LogP contribution in [0.5, 0.6) is 0 Å². The van der Waals surface area contributed by atoms with Crippen LogP contribution in [0.2, 0.25) is 0 Å². The van der Waals surface area contributed by atoms with E-state index < -0.39 is 0 Å². The van der Waals surface area contributed by atoms with E-state index in [1.807, 2.05) is 0 Å². The van der Waals surface area contributed by atoms with Crippen molar-refractivity contribution in [3.05, 3.63) is 0 Å². The third kappa shape index (κ3) is 5.27. The van der Waals surface area contributed by atoms with Crippen molar-refractivity contribution in [3.63, 3.8) is 0 Å². The molecule has 1 aliphatic carbocycles. The lowest BCUT2D eigenvalue weighted by molar-refractivity contribution is 0.309. The first kappa shape index (κ1) is 11.0. The van der Waals surface area contributed by atoms with Crippen LogP contribution >= 0.6 is 0 Å². The van der Waals surface area contributed by atoms with Crippen molar-refractivity contribution in [2.45, 2.75) is 46.1 Å². The Balaban J connectivity index is 2.16. The van der Waals surface area contributed by atoms with Crippen molar-refractivity contribution >= 4 is 0 Å². The predicted molar refractivity (Wildman–Crippen MR) is 57.6 cm³/mol. The Hall–Kier alpha value is -0.0800. The van der Waals surface area contributed by atoms with E-state index in [0.717, 1.165) is 12.5 Å². The largest absolute Gasteiger partial charge is 0.329 e. The summed E-state index contributed by atoms with van der Waals surface area (Å²) in [5, 5.41) is 3.56. The van der Waals surface area contributed by atoms with Crippen molar-refractivity contribution in [2.75, 3.05) is 13.1 Å². The molecule has 0 amide bonds. The molecular weight excluding hydrogens is 160 g/mol. The lowest BCUT2D eigenvalue weighted by Crippen LogP contribution is -2.39. The Morgan fingerprint density at radius 3 is 2.38 bits per heavy atom. The van der Waals surface area contributed by atoms with Crippen LogP contribution in [0.25, 0.3) is 0 Å². The summed E-state index contributed by atoms with van der Waals surface area (Å²) in [7, 11) is 0. The lowest BCUT2D eigenvalue weighted by Gasteiger charge is -2.25. The quantitative estimate of drug-likeness (QED) is 0.683. The Labute approximate surface area is 82.3 Å². The van der Waals surface area contributed by atoms with Gasteiger partial charge in [-0.15, -0.1) is 0 Å². The highest BCUT2D eigenvalue weighted by molar-refractivity contribution is 4.80. The molecule has 3 N–H and O–H groups in total. The van der Waals surface area contributed by atoms with Crippen LogP contribution in [0, 0.1) is 11.3 Å². The van der Waals surface area contributed by atoms with Gasteiger partial charge < -0.3 is 11.1 Å². The molecule has 78 valence electrons. The van der Waals surface area contributed by atoms with Gasteiger partial charge in [0.05, 0.1) is 0 Å². The molecule has 1 unspecified atom stereocenters. The Morgan fingerprint density at radius 1 is 1.38 bits per heavy atom. The second-order valence-electron chi connectivity index (χ2n) is 5.55. The SMILES string of the molecule is CC(C)(C)CC(CN)NCC1CC1. The molecule has 13 heavy (non-hydrogen) atoms. The third-order valence-electron chi connectivity index (χ3n) is 2.54. The first-order valence-corrected chi connectivity index (χ1v) is 5.45. The number of rotatable bonds is 5. The molecule has 0 aromatic heterocycles. The van der Waals surface area contributed by atoms with E-state index in [4.69, 9.17) is 5.73 Å². The van der Waals surface area contributed by atoms with E-state index in [1.165, 1.54) is 25.8 Å². The fraction of sp³-hybridized carbons (Fsp3) is 1.00. The average Bonchev–Trinajstić information content (AvgIpc) is 2.78. The Bertz CT molecular complexity index is 145. The lowest BCUT2D eigenvalue weighted by atomic mass is 9.88. The monoisotopic (exact) mass is 184 g/mol. The van der Waals surface area contributed by atoms with Gasteiger partial charge in [0.25, 0.3) is 0 Å². The normalized spacial score (nSPS) is 20.3. The van der Waals surface area contributed by atoms with Gasteiger partial charge in [-0.3, -0.25) is 0 Å². The summed E-state index contributed by atoms with van der Waals surface area (Å²) in [5.74, 6) is 0.953. The summed E-state index contributed by atoms with van der Waals surface area (Å²) < 4.78 is 0. The van der Waals surface area contributed by atoms with Gasteiger partial charge >= 0.3 is 0 Å². The molecule has 1 atom stereocenters. The second kappa shape index (κ2) is 4.43. The average molecular weight is 184 g/mol. The van der Waals surface area contributed by atoms with Crippen molar-refractivity contribution < 1.29 is 0 Å². The van der Waals surface area contributed by atoms with Crippen LogP contribution in [0.1, 0.15) is 40.0 Å². The highest BCUT2D eigenvalue weighted by Crippen LogP contribution is 2.28. The summed E-state index contributed by atoms with van der Waals surface area (Å²) in [6.45, 7) is 8.76. The van der Waals surface area contributed by atoms with Gasteiger partial charge in [-0.1, -0.05) is 20.8 Å².